The largest absolute Gasteiger partial charge is 0.322 e. The van der Waals surface area contributed by atoms with Gasteiger partial charge in [0.25, 0.3) is 5.91 Å². The highest BCUT2D eigenvalue weighted by Crippen LogP contribution is 2.11. The molecule has 0 atom stereocenters. The predicted molar refractivity (Wildman–Crippen MR) is 68.0 cm³/mol. The van der Waals surface area contributed by atoms with E-state index >= 15 is 0 Å². The molecule has 1 amide bonds. The third-order valence-electron chi connectivity index (χ3n) is 2.56. The lowest BCUT2D eigenvalue weighted by Crippen LogP contribution is -2.11. The number of pyridine rings is 1. The van der Waals surface area contributed by atoms with E-state index in [-0.39, 0.29) is 5.91 Å². The number of nitrogens with one attached hydrogen (secondary N) is 1. The molecule has 1 aromatic carbocycles. The van der Waals surface area contributed by atoms with Gasteiger partial charge in [-0.3, -0.25) is 9.78 Å². The van der Waals surface area contributed by atoms with Gasteiger partial charge in [0.1, 0.15) is 0 Å². The molecule has 86 valence electrons. The molecule has 0 aliphatic heterocycles. The first-order valence-corrected chi connectivity index (χ1v) is 5.60. The van der Waals surface area contributed by atoms with Gasteiger partial charge in [-0.25, -0.2) is 0 Å². The summed E-state index contributed by atoms with van der Waals surface area (Å²) in [6.07, 6.45) is 4.21. The van der Waals surface area contributed by atoms with Crippen molar-refractivity contribution < 1.29 is 4.79 Å². The Morgan fingerprint density at radius 1 is 1.12 bits per heavy atom. The minimum absolute atomic E-state index is 0.114. The zero-order chi connectivity index (χ0) is 12.1. The van der Waals surface area contributed by atoms with Crippen molar-refractivity contribution in [3.8, 4) is 0 Å². The van der Waals surface area contributed by atoms with Crippen LogP contribution in [0.2, 0.25) is 0 Å². The zero-order valence-electron chi connectivity index (χ0n) is 9.68. The number of carbonyl (C=O) groups is 1. The van der Waals surface area contributed by atoms with Gasteiger partial charge in [0.05, 0.1) is 0 Å². The summed E-state index contributed by atoms with van der Waals surface area (Å²) in [5.74, 6) is -0.114. The molecule has 0 saturated carbocycles. The normalized spacial score (nSPS) is 9.94. The van der Waals surface area contributed by atoms with Crippen molar-refractivity contribution in [3.05, 3.63) is 59.9 Å². The molecule has 3 nitrogen and oxygen atoms in total. The first kappa shape index (κ1) is 11.3. The summed E-state index contributed by atoms with van der Waals surface area (Å²) in [7, 11) is 0. The van der Waals surface area contributed by atoms with Gasteiger partial charge in [-0.2, -0.15) is 0 Å². The molecule has 1 aromatic heterocycles. The Balaban J connectivity index is 2.08. The third kappa shape index (κ3) is 2.91. The fraction of sp³-hybridized carbons (Fsp3) is 0.143. The van der Waals surface area contributed by atoms with Crippen LogP contribution >= 0.6 is 0 Å². The van der Waals surface area contributed by atoms with Crippen LogP contribution in [0.3, 0.4) is 0 Å². The second-order valence-electron chi connectivity index (χ2n) is 3.74. The maximum Gasteiger partial charge on any atom is 0.255 e. The molecule has 0 fully saturated rings. The lowest BCUT2D eigenvalue weighted by molar-refractivity contribution is 0.102. The number of rotatable bonds is 3. The van der Waals surface area contributed by atoms with Crippen molar-refractivity contribution in [1.82, 2.24) is 4.98 Å². The summed E-state index contributed by atoms with van der Waals surface area (Å²) < 4.78 is 0. The smallest absolute Gasteiger partial charge is 0.255 e. The second kappa shape index (κ2) is 5.25. The van der Waals surface area contributed by atoms with Gasteiger partial charge in [0.2, 0.25) is 0 Å². The molecule has 0 aliphatic rings. The molecular weight excluding hydrogens is 212 g/mol. The van der Waals surface area contributed by atoms with Gasteiger partial charge in [0, 0.05) is 23.6 Å². The first-order chi connectivity index (χ1) is 8.29. The third-order valence-corrected chi connectivity index (χ3v) is 2.56. The van der Waals surface area contributed by atoms with Gasteiger partial charge in [-0.15, -0.1) is 0 Å². The molecule has 1 N–H and O–H groups in total. The van der Waals surface area contributed by atoms with Crippen LogP contribution in [0, 0.1) is 0 Å². The average molecular weight is 226 g/mol. The lowest BCUT2D eigenvalue weighted by atomic mass is 10.1. The van der Waals surface area contributed by atoms with Gasteiger partial charge < -0.3 is 5.32 Å². The van der Waals surface area contributed by atoms with Crippen LogP contribution in [0.1, 0.15) is 22.8 Å². The maximum absolute atomic E-state index is 11.8. The minimum atomic E-state index is -0.114. The number of carbonyl (C=O) groups excluding carboxylic acids is 1. The van der Waals surface area contributed by atoms with Crippen LogP contribution in [-0.4, -0.2) is 10.9 Å². The van der Waals surface area contributed by atoms with Crippen LogP contribution < -0.4 is 5.32 Å². The molecule has 2 rings (SSSR count). The van der Waals surface area contributed by atoms with Crippen LogP contribution in [0.5, 0.6) is 0 Å². The van der Waals surface area contributed by atoms with Crippen molar-refractivity contribution in [2.75, 3.05) is 5.32 Å². The molecule has 0 spiro atoms. The highest BCUT2D eigenvalue weighted by Gasteiger charge is 2.04. The summed E-state index contributed by atoms with van der Waals surface area (Å²) in [4.78, 5) is 15.7. The number of aryl methyl sites for hydroxylation is 1. The van der Waals surface area contributed by atoms with Crippen molar-refractivity contribution in [3.63, 3.8) is 0 Å². The van der Waals surface area contributed by atoms with Gasteiger partial charge in [0.15, 0.2) is 0 Å². The number of hydrogen-bond donors (Lipinski definition) is 1. The number of hydrogen-bond acceptors (Lipinski definition) is 2. The number of nitrogens with zero attached hydrogens (tertiary/aromatic N) is 1. The van der Waals surface area contributed by atoms with E-state index in [4.69, 9.17) is 0 Å². The molecular formula is C14H14N2O. The van der Waals surface area contributed by atoms with Crippen LogP contribution in [0.15, 0.2) is 48.8 Å². The van der Waals surface area contributed by atoms with E-state index in [0.717, 1.165) is 12.1 Å². The monoisotopic (exact) mass is 226 g/mol. The molecule has 0 radical (unpaired) electrons. The molecule has 0 aliphatic carbocycles. The average Bonchev–Trinajstić information content (AvgIpc) is 2.40. The molecule has 0 unspecified atom stereocenters. The van der Waals surface area contributed by atoms with E-state index in [1.807, 2.05) is 24.3 Å². The Bertz CT molecular complexity index is 491. The van der Waals surface area contributed by atoms with E-state index in [9.17, 15) is 4.79 Å². The summed E-state index contributed by atoms with van der Waals surface area (Å²) in [5, 5.41) is 2.84. The minimum Gasteiger partial charge on any atom is -0.322 e. The van der Waals surface area contributed by atoms with E-state index in [0.29, 0.717) is 5.56 Å². The fourth-order valence-electron chi connectivity index (χ4n) is 1.53. The Labute approximate surface area is 101 Å². The zero-order valence-corrected chi connectivity index (χ0v) is 9.68. The van der Waals surface area contributed by atoms with E-state index in [1.54, 1.807) is 24.5 Å². The SMILES string of the molecule is CCc1ccc(NC(=O)c2ccncc2)cc1. The molecule has 0 saturated heterocycles. The Morgan fingerprint density at radius 2 is 1.76 bits per heavy atom. The highest BCUT2D eigenvalue weighted by atomic mass is 16.1. The summed E-state index contributed by atoms with van der Waals surface area (Å²) in [6, 6.07) is 11.2. The number of anilines is 1. The Kier molecular flexibility index (Phi) is 3.50. The highest BCUT2D eigenvalue weighted by molar-refractivity contribution is 6.04. The van der Waals surface area contributed by atoms with Crippen molar-refractivity contribution in [1.29, 1.82) is 0 Å². The Hall–Kier alpha value is -2.16. The second-order valence-corrected chi connectivity index (χ2v) is 3.74. The number of aromatic nitrogens is 1. The van der Waals surface area contributed by atoms with Crippen LogP contribution in [0.25, 0.3) is 0 Å². The van der Waals surface area contributed by atoms with Crippen LogP contribution in [-0.2, 0) is 6.42 Å². The molecule has 1 heterocycles. The fourth-order valence-corrected chi connectivity index (χ4v) is 1.53. The molecule has 0 bridgehead atoms. The molecule has 2 aromatic rings. The van der Waals surface area contributed by atoms with E-state index < -0.39 is 0 Å². The van der Waals surface area contributed by atoms with Gasteiger partial charge in [-0.1, -0.05) is 19.1 Å². The van der Waals surface area contributed by atoms with Crippen molar-refractivity contribution in [2.45, 2.75) is 13.3 Å². The van der Waals surface area contributed by atoms with Crippen LogP contribution in [0.4, 0.5) is 5.69 Å². The van der Waals surface area contributed by atoms with Gasteiger partial charge in [-0.05, 0) is 36.2 Å². The predicted octanol–water partition coefficient (Wildman–Crippen LogP) is 2.90. The van der Waals surface area contributed by atoms with Crippen molar-refractivity contribution in [2.24, 2.45) is 0 Å². The van der Waals surface area contributed by atoms with Crippen molar-refractivity contribution >= 4 is 11.6 Å². The van der Waals surface area contributed by atoms with Gasteiger partial charge >= 0.3 is 0 Å². The summed E-state index contributed by atoms with van der Waals surface area (Å²) in [6.45, 7) is 2.10. The number of benzene rings is 1. The maximum atomic E-state index is 11.8. The van der Waals surface area contributed by atoms with E-state index in [2.05, 4.69) is 17.2 Å². The standard InChI is InChI=1S/C14H14N2O/c1-2-11-3-5-13(6-4-11)16-14(17)12-7-9-15-10-8-12/h3-10H,2H2,1H3,(H,16,17). The first-order valence-electron chi connectivity index (χ1n) is 5.60. The Morgan fingerprint density at radius 3 is 2.35 bits per heavy atom. The van der Waals surface area contributed by atoms with E-state index in [1.165, 1.54) is 5.56 Å². The lowest BCUT2D eigenvalue weighted by Gasteiger charge is -2.05. The topological polar surface area (TPSA) is 42.0 Å². The summed E-state index contributed by atoms with van der Waals surface area (Å²) in [5.41, 5.74) is 2.68. The summed E-state index contributed by atoms with van der Waals surface area (Å²) >= 11 is 0. The molecule has 3 heteroatoms. The number of amides is 1. The quantitative estimate of drug-likeness (QED) is 0.874. The molecule has 17 heavy (non-hydrogen) atoms.